The van der Waals surface area contributed by atoms with Crippen molar-refractivity contribution in [2.75, 3.05) is 0 Å². The Kier molecular flexibility index (Phi) is 4.89. The van der Waals surface area contributed by atoms with Crippen molar-refractivity contribution in [2.24, 2.45) is 0 Å². The predicted molar refractivity (Wildman–Crippen MR) is 89.8 cm³/mol. The molecule has 1 heterocycles. The van der Waals surface area contributed by atoms with Gasteiger partial charge in [0.2, 0.25) is 0 Å². The van der Waals surface area contributed by atoms with E-state index in [0.717, 1.165) is 20.9 Å². The number of nitrogens with zero attached hydrogens (tertiary/aromatic N) is 2. The molecule has 0 radical (unpaired) electrons. The first kappa shape index (κ1) is 17.2. The summed E-state index contributed by atoms with van der Waals surface area (Å²) in [5, 5.41) is 0. The van der Waals surface area contributed by atoms with Gasteiger partial charge in [0.15, 0.2) is 0 Å². The zero-order chi connectivity index (χ0) is 17.2. The summed E-state index contributed by atoms with van der Waals surface area (Å²) in [6.07, 6.45) is 0.310. The van der Waals surface area contributed by atoms with Gasteiger partial charge in [0, 0.05) is 6.20 Å². The van der Waals surface area contributed by atoms with E-state index in [4.69, 9.17) is 4.74 Å². The molecule has 0 amide bonds. The van der Waals surface area contributed by atoms with E-state index in [9.17, 15) is 14.4 Å². The van der Waals surface area contributed by atoms with Crippen LogP contribution in [0, 0.1) is 0 Å². The number of benzene rings is 1. The van der Waals surface area contributed by atoms with Crippen LogP contribution in [0.3, 0.4) is 0 Å². The largest absolute Gasteiger partial charge is 0.443 e. The second kappa shape index (κ2) is 6.54. The standard InChI is InChI=1S/C16H17BrN2O4/c1-16(2,3)23-15(22)19-10-12(17)13(20)18(14(19)21)9-11-7-5-4-6-8-11/h4-8,10H,9H2,1-3H3. The summed E-state index contributed by atoms with van der Waals surface area (Å²) in [5.74, 6) is 0. The molecule has 0 saturated carbocycles. The maximum Gasteiger partial charge on any atom is 0.422 e. The van der Waals surface area contributed by atoms with Crippen LogP contribution in [0.1, 0.15) is 26.3 Å². The van der Waals surface area contributed by atoms with E-state index in [-0.39, 0.29) is 11.0 Å². The molecule has 0 aliphatic carbocycles. The maximum atomic E-state index is 12.5. The summed E-state index contributed by atoms with van der Waals surface area (Å²) in [7, 11) is 0. The number of hydrogen-bond donors (Lipinski definition) is 0. The van der Waals surface area contributed by atoms with Gasteiger partial charge in [-0.3, -0.25) is 9.36 Å². The van der Waals surface area contributed by atoms with Gasteiger partial charge in [-0.05, 0) is 42.3 Å². The van der Waals surface area contributed by atoms with E-state index in [1.165, 1.54) is 0 Å². The van der Waals surface area contributed by atoms with Crippen LogP contribution in [-0.2, 0) is 11.3 Å². The first-order chi connectivity index (χ1) is 10.7. The van der Waals surface area contributed by atoms with Crippen LogP contribution < -0.4 is 11.2 Å². The Balaban J connectivity index is 2.50. The normalized spacial score (nSPS) is 11.3. The number of carbonyl (C=O) groups is 1. The van der Waals surface area contributed by atoms with Crippen LogP contribution in [0.4, 0.5) is 4.79 Å². The molecule has 6 nitrogen and oxygen atoms in total. The molecular formula is C16H17BrN2O4. The van der Waals surface area contributed by atoms with Gasteiger partial charge in [-0.15, -0.1) is 0 Å². The highest BCUT2D eigenvalue weighted by Crippen LogP contribution is 2.09. The highest BCUT2D eigenvalue weighted by Gasteiger charge is 2.21. The minimum absolute atomic E-state index is 0.0702. The van der Waals surface area contributed by atoms with Crippen LogP contribution >= 0.6 is 15.9 Å². The van der Waals surface area contributed by atoms with Gasteiger partial charge in [0.25, 0.3) is 5.56 Å². The number of aromatic nitrogens is 2. The topological polar surface area (TPSA) is 70.3 Å². The maximum absolute atomic E-state index is 12.5. The fourth-order valence-electron chi connectivity index (χ4n) is 1.92. The second-order valence-electron chi connectivity index (χ2n) is 5.99. The Morgan fingerprint density at radius 2 is 1.78 bits per heavy atom. The Morgan fingerprint density at radius 1 is 1.17 bits per heavy atom. The smallest absolute Gasteiger partial charge is 0.422 e. The number of ether oxygens (including phenoxy) is 1. The first-order valence-electron chi connectivity index (χ1n) is 6.98. The Bertz CT molecular complexity index is 832. The Morgan fingerprint density at radius 3 is 2.35 bits per heavy atom. The minimum atomic E-state index is -0.829. The third-order valence-electron chi connectivity index (χ3n) is 2.90. The lowest BCUT2D eigenvalue weighted by Crippen LogP contribution is -2.44. The molecule has 0 atom stereocenters. The third-order valence-corrected chi connectivity index (χ3v) is 3.45. The van der Waals surface area contributed by atoms with Crippen molar-refractivity contribution in [1.29, 1.82) is 0 Å². The zero-order valence-electron chi connectivity index (χ0n) is 13.1. The average molecular weight is 381 g/mol. The van der Waals surface area contributed by atoms with Crippen molar-refractivity contribution in [3.05, 3.63) is 67.4 Å². The van der Waals surface area contributed by atoms with Crippen LogP contribution in [-0.4, -0.2) is 20.8 Å². The molecule has 0 bridgehead atoms. The molecular weight excluding hydrogens is 364 g/mol. The van der Waals surface area contributed by atoms with Gasteiger partial charge in [0.1, 0.15) is 5.60 Å². The molecule has 0 N–H and O–H groups in total. The fraction of sp³-hybridized carbons (Fsp3) is 0.312. The lowest BCUT2D eigenvalue weighted by atomic mass is 10.2. The second-order valence-corrected chi connectivity index (χ2v) is 6.84. The third kappa shape index (κ3) is 4.19. The van der Waals surface area contributed by atoms with Gasteiger partial charge < -0.3 is 4.74 Å². The van der Waals surface area contributed by atoms with Crippen molar-refractivity contribution < 1.29 is 9.53 Å². The molecule has 1 aromatic heterocycles. The number of halogens is 1. The summed E-state index contributed by atoms with van der Waals surface area (Å²) < 4.78 is 7.08. The van der Waals surface area contributed by atoms with Crippen LogP contribution in [0.15, 0.2) is 50.6 Å². The van der Waals surface area contributed by atoms with Crippen molar-refractivity contribution in [1.82, 2.24) is 9.13 Å². The highest BCUT2D eigenvalue weighted by molar-refractivity contribution is 9.10. The molecule has 7 heteroatoms. The highest BCUT2D eigenvalue weighted by atomic mass is 79.9. The van der Waals surface area contributed by atoms with E-state index >= 15 is 0 Å². The van der Waals surface area contributed by atoms with Gasteiger partial charge >= 0.3 is 11.8 Å². The summed E-state index contributed by atoms with van der Waals surface area (Å²) in [5.41, 5.74) is -1.21. The Hall–Kier alpha value is -2.15. The van der Waals surface area contributed by atoms with E-state index in [2.05, 4.69) is 15.9 Å². The lowest BCUT2D eigenvalue weighted by molar-refractivity contribution is 0.0525. The quantitative estimate of drug-likeness (QED) is 0.802. The van der Waals surface area contributed by atoms with Crippen LogP contribution in [0.25, 0.3) is 0 Å². The van der Waals surface area contributed by atoms with E-state index in [0.29, 0.717) is 0 Å². The molecule has 23 heavy (non-hydrogen) atoms. The molecule has 0 unspecified atom stereocenters. The van der Waals surface area contributed by atoms with Gasteiger partial charge in [0.05, 0.1) is 11.0 Å². The average Bonchev–Trinajstić information content (AvgIpc) is 2.46. The molecule has 0 aliphatic rings. The molecule has 2 aromatic rings. The molecule has 1 aromatic carbocycles. The van der Waals surface area contributed by atoms with Crippen molar-refractivity contribution in [3.8, 4) is 0 Å². The fourth-order valence-corrected chi connectivity index (χ4v) is 2.34. The summed E-state index contributed by atoms with van der Waals surface area (Å²) in [6, 6.07) is 9.05. The molecule has 0 saturated heterocycles. The molecule has 2 rings (SSSR count). The Labute approximate surface area is 141 Å². The predicted octanol–water partition coefficient (Wildman–Crippen LogP) is 2.60. The van der Waals surface area contributed by atoms with Gasteiger partial charge in [-0.25, -0.2) is 14.2 Å². The van der Waals surface area contributed by atoms with E-state index < -0.39 is 22.9 Å². The van der Waals surface area contributed by atoms with E-state index in [1.807, 2.05) is 18.2 Å². The van der Waals surface area contributed by atoms with Gasteiger partial charge in [-0.2, -0.15) is 0 Å². The summed E-state index contributed by atoms with van der Waals surface area (Å²) >= 11 is 3.09. The molecule has 0 fully saturated rings. The lowest BCUT2D eigenvalue weighted by Gasteiger charge is -2.20. The van der Waals surface area contributed by atoms with Crippen molar-refractivity contribution >= 4 is 22.0 Å². The number of rotatable bonds is 2. The van der Waals surface area contributed by atoms with Gasteiger partial charge in [-0.1, -0.05) is 30.3 Å². The summed E-state index contributed by atoms with van der Waals surface area (Å²) in [4.78, 5) is 36.8. The van der Waals surface area contributed by atoms with E-state index in [1.54, 1.807) is 32.9 Å². The number of hydrogen-bond acceptors (Lipinski definition) is 4. The SMILES string of the molecule is CC(C)(C)OC(=O)n1cc(Br)c(=O)n(Cc2ccccc2)c1=O. The van der Waals surface area contributed by atoms with Crippen molar-refractivity contribution in [3.63, 3.8) is 0 Å². The zero-order valence-corrected chi connectivity index (χ0v) is 14.7. The molecule has 122 valence electrons. The van der Waals surface area contributed by atoms with Crippen molar-refractivity contribution in [2.45, 2.75) is 32.9 Å². The van der Waals surface area contributed by atoms with Crippen LogP contribution in [0.5, 0.6) is 0 Å². The molecule has 0 aliphatic heterocycles. The monoisotopic (exact) mass is 380 g/mol. The first-order valence-corrected chi connectivity index (χ1v) is 7.77. The summed E-state index contributed by atoms with van der Waals surface area (Å²) in [6.45, 7) is 5.17. The minimum Gasteiger partial charge on any atom is -0.443 e. The molecule has 0 spiro atoms. The number of carbonyl (C=O) groups excluding carboxylic acids is 1. The van der Waals surface area contributed by atoms with Crippen LogP contribution in [0.2, 0.25) is 0 Å².